The third kappa shape index (κ3) is 2.99. The normalized spacial score (nSPS) is 14.2. The van der Waals surface area contributed by atoms with Crippen LogP contribution in [0.25, 0.3) is 0 Å². The first kappa shape index (κ1) is 12.4. The summed E-state index contributed by atoms with van der Waals surface area (Å²) >= 11 is 1.63. The van der Waals surface area contributed by atoms with Crippen molar-refractivity contribution >= 4 is 22.6 Å². The van der Waals surface area contributed by atoms with Crippen molar-refractivity contribution in [2.75, 3.05) is 6.26 Å². The maximum absolute atomic E-state index is 12.5. The monoisotopic (exact) mass is 262 g/mol. The van der Waals surface area contributed by atoms with E-state index in [1.54, 1.807) is 11.8 Å². The lowest BCUT2D eigenvalue weighted by Crippen LogP contribution is -2.02. The second kappa shape index (κ2) is 6.03. The maximum Gasteiger partial charge on any atom is 0.109 e. The Hall–Kier alpha value is -1.06. The van der Waals surface area contributed by atoms with E-state index in [1.807, 2.05) is 66.9 Å². The molecule has 0 saturated heterocycles. The van der Waals surface area contributed by atoms with Crippen LogP contribution in [0, 0.1) is 0 Å². The lowest BCUT2D eigenvalue weighted by Gasteiger charge is -2.14. The number of thioether (sulfide) groups is 1. The highest BCUT2D eigenvalue weighted by Gasteiger charge is 2.18. The van der Waals surface area contributed by atoms with Crippen LogP contribution >= 0.6 is 11.8 Å². The molecule has 17 heavy (non-hydrogen) atoms. The van der Waals surface area contributed by atoms with Crippen molar-refractivity contribution in [3.05, 3.63) is 66.2 Å². The largest absolute Gasteiger partial charge is 0.253 e. The van der Waals surface area contributed by atoms with Gasteiger partial charge in [-0.3, -0.25) is 4.21 Å². The van der Waals surface area contributed by atoms with Gasteiger partial charge in [0.25, 0.3) is 0 Å². The van der Waals surface area contributed by atoms with Crippen molar-refractivity contribution in [2.24, 2.45) is 0 Å². The quantitative estimate of drug-likeness (QED) is 0.832. The van der Waals surface area contributed by atoms with Gasteiger partial charge in [0.2, 0.25) is 0 Å². The Kier molecular flexibility index (Phi) is 4.40. The predicted octanol–water partition coefficient (Wildman–Crippen LogP) is 3.86. The molecule has 2 unspecified atom stereocenters. The Morgan fingerprint density at radius 1 is 0.941 bits per heavy atom. The van der Waals surface area contributed by atoms with Gasteiger partial charge in [0.1, 0.15) is 4.58 Å². The standard InChI is InChI=1S/C14H14OS2/c1-16-14(12-8-4-2-5-9-12)17(15)13-10-6-3-7-11-13/h2-11,14H,1H3. The van der Waals surface area contributed by atoms with Crippen LogP contribution in [0.15, 0.2) is 65.6 Å². The minimum Gasteiger partial charge on any atom is -0.253 e. The molecule has 0 saturated carbocycles. The van der Waals surface area contributed by atoms with Crippen molar-refractivity contribution in [1.82, 2.24) is 0 Å². The molecule has 2 aromatic carbocycles. The molecule has 0 bridgehead atoms. The number of hydrogen-bond donors (Lipinski definition) is 0. The van der Waals surface area contributed by atoms with E-state index in [1.165, 1.54) is 0 Å². The molecule has 0 amide bonds. The molecule has 0 aliphatic carbocycles. The van der Waals surface area contributed by atoms with Gasteiger partial charge in [-0.2, -0.15) is 0 Å². The second-order valence-electron chi connectivity index (χ2n) is 3.59. The van der Waals surface area contributed by atoms with Crippen LogP contribution in [0.3, 0.4) is 0 Å². The lowest BCUT2D eigenvalue weighted by molar-refractivity contribution is 0.682. The first-order valence-electron chi connectivity index (χ1n) is 5.36. The van der Waals surface area contributed by atoms with Crippen LogP contribution in [-0.2, 0) is 10.8 Å². The Labute approximate surface area is 109 Å². The molecule has 0 spiro atoms. The van der Waals surface area contributed by atoms with Crippen LogP contribution in [0.5, 0.6) is 0 Å². The molecule has 2 aromatic rings. The topological polar surface area (TPSA) is 17.1 Å². The average Bonchev–Trinajstić information content (AvgIpc) is 2.42. The lowest BCUT2D eigenvalue weighted by atomic mass is 10.2. The van der Waals surface area contributed by atoms with Crippen LogP contribution in [0.2, 0.25) is 0 Å². The Morgan fingerprint density at radius 2 is 1.47 bits per heavy atom. The fraction of sp³-hybridized carbons (Fsp3) is 0.143. The molecule has 88 valence electrons. The van der Waals surface area contributed by atoms with Gasteiger partial charge >= 0.3 is 0 Å². The minimum atomic E-state index is -1.01. The summed E-state index contributed by atoms with van der Waals surface area (Å²) in [5.74, 6) is 0. The molecule has 0 aromatic heterocycles. The van der Waals surface area contributed by atoms with Crippen molar-refractivity contribution in [1.29, 1.82) is 0 Å². The van der Waals surface area contributed by atoms with Gasteiger partial charge in [-0.25, -0.2) is 0 Å². The molecule has 2 rings (SSSR count). The molecule has 0 aliphatic rings. The SMILES string of the molecule is CSC(c1ccccc1)S(=O)c1ccccc1. The molecular formula is C14H14OS2. The number of benzene rings is 2. The second-order valence-corrected chi connectivity index (χ2v) is 6.37. The Morgan fingerprint density at radius 3 is 2.00 bits per heavy atom. The van der Waals surface area contributed by atoms with Crippen LogP contribution in [0.1, 0.15) is 10.1 Å². The average molecular weight is 262 g/mol. The molecular weight excluding hydrogens is 248 g/mol. The highest BCUT2D eigenvalue weighted by atomic mass is 32.2. The van der Waals surface area contributed by atoms with Crippen molar-refractivity contribution in [3.8, 4) is 0 Å². The molecule has 1 nitrogen and oxygen atoms in total. The van der Waals surface area contributed by atoms with Gasteiger partial charge in [-0.05, 0) is 24.0 Å². The van der Waals surface area contributed by atoms with E-state index in [-0.39, 0.29) is 4.58 Å². The third-order valence-electron chi connectivity index (χ3n) is 2.46. The van der Waals surface area contributed by atoms with Crippen LogP contribution in [-0.4, -0.2) is 10.5 Å². The van der Waals surface area contributed by atoms with Gasteiger partial charge in [0.15, 0.2) is 0 Å². The van der Waals surface area contributed by atoms with E-state index in [0.29, 0.717) is 0 Å². The highest BCUT2D eigenvalue weighted by molar-refractivity contribution is 8.10. The number of hydrogen-bond acceptors (Lipinski definition) is 2. The van der Waals surface area contributed by atoms with Gasteiger partial charge in [-0.1, -0.05) is 48.5 Å². The van der Waals surface area contributed by atoms with E-state index in [4.69, 9.17) is 0 Å². The zero-order chi connectivity index (χ0) is 12.1. The van der Waals surface area contributed by atoms with Gasteiger partial charge < -0.3 is 0 Å². The summed E-state index contributed by atoms with van der Waals surface area (Å²) in [7, 11) is -1.01. The molecule has 0 N–H and O–H groups in total. The summed E-state index contributed by atoms with van der Waals surface area (Å²) in [5.41, 5.74) is 1.11. The fourth-order valence-corrected chi connectivity index (χ4v) is 4.17. The fourth-order valence-electron chi connectivity index (χ4n) is 1.64. The van der Waals surface area contributed by atoms with Crippen LogP contribution in [0.4, 0.5) is 0 Å². The van der Waals surface area contributed by atoms with Gasteiger partial charge in [-0.15, -0.1) is 11.8 Å². The summed E-state index contributed by atoms with van der Waals surface area (Å²) < 4.78 is 12.5. The van der Waals surface area contributed by atoms with Crippen molar-refractivity contribution in [3.63, 3.8) is 0 Å². The molecule has 0 aliphatic heterocycles. The zero-order valence-electron chi connectivity index (χ0n) is 9.58. The molecule has 0 fully saturated rings. The van der Waals surface area contributed by atoms with E-state index in [9.17, 15) is 4.21 Å². The first-order valence-corrected chi connectivity index (χ1v) is 7.86. The highest BCUT2D eigenvalue weighted by Crippen LogP contribution is 2.33. The van der Waals surface area contributed by atoms with E-state index in [0.717, 1.165) is 10.5 Å². The molecule has 3 heteroatoms. The summed E-state index contributed by atoms with van der Waals surface area (Å²) in [6.07, 6.45) is 2.00. The Balaban J connectivity index is 2.29. The predicted molar refractivity (Wildman–Crippen MR) is 75.5 cm³/mol. The van der Waals surface area contributed by atoms with Crippen LogP contribution < -0.4 is 0 Å². The Bertz CT molecular complexity index is 482. The summed E-state index contributed by atoms with van der Waals surface area (Å²) in [4.78, 5) is 0.885. The van der Waals surface area contributed by atoms with E-state index >= 15 is 0 Å². The summed E-state index contributed by atoms with van der Waals surface area (Å²) in [6, 6.07) is 19.6. The first-order chi connectivity index (χ1) is 8.33. The van der Waals surface area contributed by atoms with Crippen molar-refractivity contribution in [2.45, 2.75) is 9.48 Å². The van der Waals surface area contributed by atoms with Gasteiger partial charge in [0.05, 0.1) is 10.8 Å². The minimum absolute atomic E-state index is 0.00130. The smallest absolute Gasteiger partial charge is 0.109 e. The van der Waals surface area contributed by atoms with Crippen molar-refractivity contribution < 1.29 is 4.21 Å². The van der Waals surface area contributed by atoms with E-state index in [2.05, 4.69) is 0 Å². The molecule has 0 radical (unpaired) electrons. The maximum atomic E-state index is 12.5. The molecule has 2 atom stereocenters. The van der Waals surface area contributed by atoms with E-state index < -0.39 is 10.8 Å². The third-order valence-corrected chi connectivity index (χ3v) is 5.66. The van der Waals surface area contributed by atoms with Gasteiger partial charge in [0, 0.05) is 4.90 Å². The molecule has 0 heterocycles. The zero-order valence-corrected chi connectivity index (χ0v) is 11.2. The summed E-state index contributed by atoms with van der Waals surface area (Å²) in [5, 5.41) is 0. The number of rotatable bonds is 4. The summed E-state index contributed by atoms with van der Waals surface area (Å²) in [6.45, 7) is 0.